The second-order valence-corrected chi connectivity index (χ2v) is 5.86. The van der Waals surface area contributed by atoms with Gasteiger partial charge in [-0.2, -0.15) is 0 Å². The maximum atomic E-state index is 11.5. The molecule has 0 aromatic rings. The lowest BCUT2D eigenvalue weighted by atomic mass is 9.87. The van der Waals surface area contributed by atoms with Crippen molar-refractivity contribution in [3.8, 4) is 0 Å². The Hall–Kier alpha value is -0.770. The lowest BCUT2D eigenvalue weighted by Gasteiger charge is -2.26. The van der Waals surface area contributed by atoms with E-state index in [9.17, 15) is 9.90 Å². The Kier molecular flexibility index (Phi) is 4.19. The quantitative estimate of drug-likeness (QED) is 0.667. The molecule has 0 radical (unpaired) electrons. The molecule has 0 aromatic carbocycles. The van der Waals surface area contributed by atoms with Crippen LogP contribution in [0.3, 0.4) is 0 Å². The number of hydrogen-bond donors (Lipinski definition) is 3. The van der Waals surface area contributed by atoms with Gasteiger partial charge in [0.25, 0.3) is 0 Å². The van der Waals surface area contributed by atoms with Crippen molar-refractivity contribution in [2.75, 3.05) is 6.54 Å². The van der Waals surface area contributed by atoms with Crippen LogP contribution < -0.4 is 10.6 Å². The van der Waals surface area contributed by atoms with E-state index in [4.69, 9.17) is 0 Å². The topological polar surface area (TPSA) is 61.4 Å². The summed E-state index contributed by atoms with van der Waals surface area (Å²) in [6.45, 7) is 8.57. The monoisotopic (exact) mass is 228 g/mol. The summed E-state index contributed by atoms with van der Waals surface area (Å²) < 4.78 is 0. The zero-order valence-electron chi connectivity index (χ0n) is 10.7. The summed E-state index contributed by atoms with van der Waals surface area (Å²) in [5.74, 6) is 0.622. The fourth-order valence-corrected chi connectivity index (χ4v) is 1.93. The number of amides is 2. The van der Waals surface area contributed by atoms with Crippen LogP contribution in [0.5, 0.6) is 0 Å². The molecule has 0 aliphatic heterocycles. The van der Waals surface area contributed by atoms with E-state index in [2.05, 4.69) is 17.6 Å². The number of aliphatic hydroxyl groups excluding tert-OH is 1. The number of nitrogens with one attached hydrogen (secondary N) is 2. The molecule has 1 aliphatic rings. The first kappa shape index (κ1) is 13.3. The summed E-state index contributed by atoms with van der Waals surface area (Å²) in [6.07, 6.45) is 1.45. The van der Waals surface area contributed by atoms with E-state index in [1.165, 1.54) is 0 Å². The number of urea groups is 1. The Labute approximate surface area is 97.8 Å². The summed E-state index contributed by atoms with van der Waals surface area (Å²) in [4.78, 5) is 11.5. The van der Waals surface area contributed by atoms with Gasteiger partial charge in [-0.15, -0.1) is 0 Å². The normalized spacial score (nSPS) is 26.1. The van der Waals surface area contributed by atoms with E-state index < -0.39 is 0 Å². The second-order valence-electron chi connectivity index (χ2n) is 5.86. The lowest BCUT2D eigenvalue weighted by Crippen LogP contribution is -2.42. The van der Waals surface area contributed by atoms with Crippen LogP contribution in [0.4, 0.5) is 4.79 Å². The van der Waals surface area contributed by atoms with Gasteiger partial charge in [0.1, 0.15) is 0 Å². The molecule has 0 aromatic heterocycles. The van der Waals surface area contributed by atoms with Gasteiger partial charge >= 0.3 is 6.03 Å². The van der Waals surface area contributed by atoms with Gasteiger partial charge in [-0.1, -0.05) is 20.8 Å². The molecule has 0 spiro atoms. The molecule has 0 bridgehead atoms. The molecule has 4 nitrogen and oxygen atoms in total. The molecule has 94 valence electrons. The third-order valence-electron chi connectivity index (χ3n) is 3.00. The van der Waals surface area contributed by atoms with Crippen molar-refractivity contribution in [2.45, 2.75) is 52.7 Å². The van der Waals surface area contributed by atoms with Crippen molar-refractivity contribution in [1.82, 2.24) is 10.6 Å². The fourth-order valence-electron chi connectivity index (χ4n) is 1.93. The average Bonchev–Trinajstić information content (AvgIpc) is 2.76. The molecular formula is C12H24N2O2. The zero-order valence-corrected chi connectivity index (χ0v) is 10.7. The summed E-state index contributed by atoms with van der Waals surface area (Å²) in [5, 5.41) is 15.1. The van der Waals surface area contributed by atoms with Gasteiger partial charge in [-0.3, -0.25) is 0 Å². The molecule has 1 rings (SSSR count). The van der Waals surface area contributed by atoms with E-state index in [1.54, 1.807) is 6.92 Å². The Morgan fingerprint density at radius 3 is 2.56 bits per heavy atom. The van der Waals surface area contributed by atoms with Crippen LogP contribution in [-0.4, -0.2) is 29.8 Å². The molecule has 0 heterocycles. The molecule has 3 atom stereocenters. The van der Waals surface area contributed by atoms with E-state index in [0.29, 0.717) is 24.9 Å². The highest BCUT2D eigenvalue weighted by molar-refractivity contribution is 5.74. The fraction of sp³-hybridized carbons (Fsp3) is 0.917. The number of carbonyl (C=O) groups excluding carboxylic acids is 1. The van der Waals surface area contributed by atoms with E-state index in [1.807, 2.05) is 13.8 Å². The standard InChI is InChI=1S/C12H24N2O2/c1-8-5-10(8)14-11(16)13-7-12(3,4)6-9(2)15/h8-10,15H,5-7H2,1-4H3,(H2,13,14,16). The maximum absolute atomic E-state index is 11.5. The lowest BCUT2D eigenvalue weighted by molar-refractivity contribution is 0.129. The third kappa shape index (κ3) is 4.84. The molecule has 1 saturated carbocycles. The highest BCUT2D eigenvalue weighted by atomic mass is 16.3. The van der Waals surface area contributed by atoms with Gasteiger partial charge < -0.3 is 15.7 Å². The average molecular weight is 228 g/mol. The molecular weight excluding hydrogens is 204 g/mol. The van der Waals surface area contributed by atoms with E-state index in [-0.39, 0.29) is 17.6 Å². The third-order valence-corrected chi connectivity index (χ3v) is 3.00. The van der Waals surface area contributed by atoms with Crippen LogP contribution >= 0.6 is 0 Å². The van der Waals surface area contributed by atoms with Crippen LogP contribution in [0.15, 0.2) is 0 Å². The van der Waals surface area contributed by atoms with Crippen molar-refractivity contribution >= 4 is 6.03 Å². The summed E-state index contributed by atoms with van der Waals surface area (Å²) in [6, 6.07) is 0.271. The molecule has 1 aliphatic carbocycles. The Morgan fingerprint density at radius 2 is 2.12 bits per heavy atom. The number of hydrogen-bond acceptors (Lipinski definition) is 2. The number of aliphatic hydroxyl groups is 1. The molecule has 3 N–H and O–H groups in total. The summed E-state index contributed by atoms with van der Waals surface area (Å²) in [7, 11) is 0. The SMILES string of the molecule is CC(O)CC(C)(C)CNC(=O)NC1CC1C. The minimum atomic E-state index is -0.330. The second kappa shape index (κ2) is 5.04. The summed E-state index contributed by atoms with van der Waals surface area (Å²) >= 11 is 0. The van der Waals surface area contributed by atoms with E-state index in [0.717, 1.165) is 6.42 Å². The van der Waals surface area contributed by atoms with Crippen LogP contribution in [0.25, 0.3) is 0 Å². The van der Waals surface area contributed by atoms with Gasteiger partial charge in [0.15, 0.2) is 0 Å². The first-order valence-electron chi connectivity index (χ1n) is 6.02. The van der Waals surface area contributed by atoms with Crippen molar-refractivity contribution in [3.05, 3.63) is 0 Å². The highest BCUT2D eigenvalue weighted by Crippen LogP contribution is 2.28. The van der Waals surface area contributed by atoms with Gasteiger partial charge in [-0.05, 0) is 31.1 Å². The van der Waals surface area contributed by atoms with Crippen LogP contribution in [0, 0.1) is 11.3 Å². The largest absolute Gasteiger partial charge is 0.393 e. The minimum Gasteiger partial charge on any atom is -0.393 e. The maximum Gasteiger partial charge on any atom is 0.315 e. The smallest absolute Gasteiger partial charge is 0.315 e. The van der Waals surface area contributed by atoms with Crippen molar-refractivity contribution in [2.24, 2.45) is 11.3 Å². The van der Waals surface area contributed by atoms with E-state index >= 15 is 0 Å². The van der Waals surface area contributed by atoms with Gasteiger partial charge in [0.2, 0.25) is 0 Å². The van der Waals surface area contributed by atoms with Crippen molar-refractivity contribution < 1.29 is 9.90 Å². The first-order valence-corrected chi connectivity index (χ1v) is 6.02. The zero-order chi connectivity index (χ0) is 12.3. The van der Waals surface area contributed by atoms with Gasteiger partial charge in [0.05, 0.1) is 6.10 Å². The number of rotatable bonds is 5. The Balaban J connectivity index is 2.19. The Bertz CT molecular complexity index is 251. The van der Waals surface area contributed by atoms with Gasteiger partial charge in [0, 0.05) is 12.6 Å². The highest BCUT2D eigenvalue weighted by Gasteiger charge is 2.34. The first-order chi connectivity index (χ1) is 7.30. The van der Waals surface area contributed by atoms with Crippen LogP contribution in [0.1, 0.15) is 40.5 Å². The molecule has 4 heteroatoms. The molecule has 1 fully saturated rings. The molecule has 3 unspecified atom stereocenters. The van der Waals surface area contributed by atoms with Crippen molar-refractivity contribution in [1.29, 1.82) is 0 Å². The van der Waals surface area contributed by atoms with Crippen LogP contribution in [0.2, 0.25) is 0 Å². The predicted octanol–water partition coefficient (Wildman–Crippen LogP) is 1.49. The molecule has 2 amide bonds. The van der Waals surface area contributed by atoms with Gasteiger partial charge in [-0.25, -0.2) is 4.79 Å². The minimum absolute atomic E-state index is 0.0688. The Morgan fingerprint density at radius 1 is 1.56 bits per heavy atom. The van der Waals surface area contributed by atoms with Crippen molar-refractivity contribution in [3.63, 3.8) is 0 Å². The summed E-state index contributed by atoms with van der Waals surface area (Å²) in [5.41, 5.74) is -0.0688. The molecule has 16 heavy (non-hydrogen) atoms. The number of carbonyl (C=O) groups is 1. The molecule has 0 saturated heterocycles. The predicted molar refractivity (Wildman–Crippen MR) is 64.2 cm³/mol. The van der Waals surface area contributed by atoms with Crippen LogP contribution in [-0.2, 0) is 0 Å².